The molecule has 0 fully saturated rings. The highest BCUT2D eigenvalue weighted by atomic mass is 32.2. The molecule has 1 aliphatic heterocycles. The maximum Gasteiger partial charge on any atom is 0.408 e. The van der Waals surface area contributed by atoms with E-state index in [1.165, 1.54) is 0 Å². The third-order valence-corrected chi connectivity index (χ3v) is 6.65. The fourth-order valence-electron chi connectivity index (χ4n) is 3.77. The highest BCUT2D eigenvalue weighted by molar-refractivity contribution is 7.91. The molecule has 0 amide bonds. The van der Waals surface area contributed by atoms with Crippen molar-refractivity contribution < 1.29 is 21.6 Å². The van der Waals surface area contributed by atoms with Gasteiger partial charge in [-0.1, -0.05) is 59.7 Å². The number of halogens is 3. The van der Waals surface area contributed by atoms with E-state index in [0.29, 0.717) is 16.7 Å². The van der Waals surface area contributed by atoms with Crippen LogP contribution in [0.5, 0.6) is 0 Å². The molecule has 0 saturated carbocycles. The zero-order valence-electron chi connectivity index (χ0n) is 17.1. The van der Waals surface area contributed by atoms with Crippen LogP contribution in [-0.4, -0.2) is 30.1 Å². The van der Waals surface area contributed by atoms with Crippen molar-refractivity contribution in [1.29, 1.82) is 0 Å². The van der Waals surface area contributed by atoms with Gasteiger partial charge in [-0.2, -0.15) is 18.3 Å². The van der Waals surface area contributed by atoms with Gasteiger partial charge in [0.1, 0.15) is 6.54 Å². The van der Waals surface area contributed by atoms with Gasteiger partial charge >= 0.3 is 6.18 Å². The van der Waals surface area contributed by atoms with Gasteiger partial charge in [0.25, 0.3) is 0 Å². The summed E-state index contributed by atoms with van der Waals surface area (Å²) in [5.41, 5.74) is 4.48. The predicted octanol–water partition coefficient (Wildman–Crippen LogP) is 5.20. The zero-order chi connectivity index (χ0) is 22.4. The lowest BCUT2D eigenvalue weighted by molar-refractivity contribution is -0.142. The Morgan fingerprint density at radius 3 is 2.13 bits per heavy atom. The molecule has 4 nitrogen and oxygen atoms in total. The van der Waals surface area contributed by atoms with Crippen LogP contribution >= 0.6 is 0 Å². The van der Waals surface area contributed by atoms with E-state index in [-0.39, 0.29) is 22.9 Å². The van der Waals surface area contributed by atoms with E-state index in [2.05, 4.69) is 5.10 Å². The zero-order valence-corrected chi connectivity index (χ0v) is 17.9. The number of hydrogen-bond donors (Lipinski definition) is 0. The Labute approximate surface area is 178 Å². The van der Waals surface area contributed by atoms with Crippen LogP contribution in [-0.2, 0) is 22.1 Å². The van der Waals surface area contributed by atoms with Gasteiger partial charge in [0.05, 0.1) is 22.9 Å². The second-order valence-electron chi connectivity index (χ2n) is 7.93. The number of rotatable bonds is 3. The first kappa shape index (κ1) is 21.4. The second kappa shape index (κ2) is 7.67. The molecule has 2 aromatic carbocycles. The first-order valence-corrected chi connectivity index (χ1v) is 11.5. The molecule has 162 valence electrons. The van der Waals surface area contributed by atoms with Crippen LogP contribution in [0.1, 0.15) is 27.9 Å². The van der Waals surface area contributed by atoms with E-state index in [0.717, 1.165) is 21.4 Å². The first-order chi connectivity index (χ1) is 14.5. The van der Waals surface area contributed by atoms with Gasteiger partial charge in [-0.05, 0) is 31.1 Å². The van der Waals surface area contributed by atoms with Gasteiger partial charge in [0.2, 0.25) is 0 Å². The molecule has 0 spiro atoms. The third-order valence-electron chi connectivity index (χ3n) is 5.17. The van der Waals surface area contributed by atoms with Gasteiger partial charge in [0, 0.05) is 11.1 Å². The third kappa shape index (κ3) is 4.74. The smallest absolute Gasteiger partial charge is 0.255 e. The minimum absolute atomic E-state index is 0.239. The standard InChI is InChI=1S/C23H21F3N2O2S/c1-15-3-7-17(8-4-15)11-19-12-31(29,30)13-20-21(18-9-5-16(2)6-10-18)27-28(22(19)20)14-23(24,25)26/h3-11H,12-14H2,1-2H3/b19-11+. The minimum atomic E-state index is -4.49. The van der Waals surface area contributed by atoms with Crippen LogP contribution in [0.4, 0.5) is 13.2 Å². The summed E-state index contributed by atoms with van der Waals surface area (Å²) in [6.45, 7) is 2.53. The predicted molar refractivity (Wildman–Crippen MR) is 115 cm³/mol. The Morgan fingerprint density at radius 2 is 1.55 bits per heavy atom. The van der Waals surface area contributed by atoms with E-state index in [1.54, 1.807) is 18.2 Å². The van der Waals surface area contributed by atoms with E-state index in [4.69, 9.17) is 0 Å². The molecule has 0 N–H and O–H groups in total. The lowest BCUT2D eigenvalue weighted by Crippen LogP contribution is -2.24. The summed E-state index contributed by atoms with van der Waals surface area (Å²) in [5, 5.41) is 4.24. The Hall–Kier alpha value is -2.87. The first-order valence-electron chi connectivity index (χ1n) is 9.72. The minimum Gasteiger partial charge on any atom is -0.255 e. The van der Waals surface area contributed by atoms with Crippen molar-refractivity contribution in [1.82, 2.24) is 9.78 Å². The number of hydrogen-bond acceptors (Lipinski definition) is 3. The van der Waals surface area contributed by atoms with Crippen LogP contribution in [0.2, 0.25) is 0 Å². The fraction of sp³-hybridized carbons (Fsp3) is 0.261. The van der Waals surface area contributed by atoms with Crippen molar-refractivity contribution in [3.8, 4) is 11.3 Å². The molecule has 0 bridgehead atoms. The van der Waals surface area contributed by atoms with E-state index in [9.17, 15) is 21.6 Å². The summed E-state index contributed by atoms with van der Waals surface area (Å²) in [7, 11) is -3.55. The van der Waals surface area contributed by atoms with E-state index < -0.39 is 22.6 Å². The topological polar surface area (TPSA) is 52.0 Å². The van der Waals surface area contributed by atoms with Crippen molar-refractivity contribution in [3.05, 3.63) is 76.5 Å². The molecule has 1 aliphatic rings. The average molecular weight is 446 g/mol. The van der Waals surface area contributed by atoms with Crippen LogP contribution in [0, 0.1) is 13.8 Å². The summed E-state index contributed by atoms with van der Waals surface area (Å²) in [5.74, 6) is -0.667. The molecule has 31 heavy (non-hydrogen) atoms. The largest absolute Gasteiger partial charge is 0.408 e. The molecule has 0 atom stereocenters. The maximum atomic E-state index is 13.3. The Bertz CT molecular complexity index is 1250. The lowest BCUT2D eigenvalue weighted by atomic mass is 10.0. The monoisotopic (exact) mass is 446 g/mol. The van der Waals surface area contributed by atoms with Crippen molar-refractivity contribution in [2.24, 2.45) is 0 Å². The second-order valence-corrected chi connectivity index (χ2v) is 9.99. The Kier molecular flexibility index (Phi) is 5.29. The molecular formula is C23H21F3N2O2S. The molecule has 0 radical (unpaired) electrons. The van der Waals surface area contributed by atoms with Crippen LogP contribution in [0.25, 0.3) is 22.9 Å². The number of sulfone groups is 1. The lowest BCUT2D eigenvalue weighted by Gasteiger charge is -2.19. The highest BCUT2D eigenvalue weighted by Crippen LogP contribution is 2.38. The SMILES string of the molecule is Cc1ccc(/C=C2\CS(=O)(=O)Cc3c(-c4ccc(C)cc4)nn(CC(F)(F)F)c32)cc1. The number of benzene rings is 2. The summed E-state index contributed by atoms with van der Waals surface area (Å²) in [6, 6.07) is 14.5. The number of fused-ring (bicyclic) bond motifs is 1. The fourth-order valence-corrected chi connectivity index (χ4v) is 5.28. The average Bonchev–Trinajstić information content (AvgIpc) is 2.99. The number of aryl methyl sites for hydroxylation is 2. The molecule has 0 aliphatic carbocycles. The molecule has 2 heterocycles. The Morgan fingerprint density at radius 1 is 0.968 bits per heavy atom. The molecule has 4 rings (SSSR count). The van der Waals surface area contributed by atoms with Crippen molar-refractivity contribution >= 4 is 21.5 Å². The van der Waals surface area contributed by atoms with E-state index >= 15 is 0 Å². The molecular weight excluding hydrogens is 425 g/mol. The summed E-state index contributed by atoms with van der Waals surface area (Å²) in [6.07, 6.45) is -2.85. The van der Waals surface area contributed by atoms with Crippen LogP contribution < -0.4 is 0 Å². The van der Waals surface area contributed by atoms with Gasteiger partial charge in [-0.25, -0.2) is 8.42 Å². The van der Waals surface area contributed by atoms with Gasteiger partial charge < -0.3 is 0 Å². The van der Waals surface area contributed by atoms with Crippen molar-refractivity contribution in [3.63, 3.8) is 0 Å². The normalized spacial score (nSPS) is 17.0. The van der Waals surface area contributed by atoms with Gasteiger partial charge in [-0.3, -0.25) is 4.68 Å². The Balaban J connectivity index is 1.95. The number of nitrogens with zero attached hydrogens (tertiary/aromatic N) is 2. The van der Waals surface area contributed by atoms with Gasteiger partial charge in [-0.15, -0.1) is 0 Å². The quantitative estimate of drug-likeness (QED) is 0.556. The number of alkyl halides is 3. The summed E-state index contributed by atoms with van der Waals surface area (Å²) in [4.78, 5) is 0. The van der Waals surface area contributed by atoms with Gasteiger partial charge in [0.15, 0.2) is 9.84 Å². The summed E-state index contributed by atoms with van der Waals surface area (Å²) >= 11 is 0. The molecule has 3 aromatic rings. The summed E-state index contributed by atoms with van der Waals surface area (Å²) < 4.78 is 66.3. The maximum absolute atomic E-state index is 13.3. The van der Waals surface area contributed by atoms with Crippen molar-refractivity contribution in [2.45, 2.75) is 32.3 Å². The van der Waals surface area contributed by atoms with Crippen LogP contribution in [0.3, 0.4) is 0 Å². The molecule has 0 unspecified atom stereocenters. The molecule has 1 aromatic heterocycles. The molecule has 0 saturated heterocycles. The number of aromatic nitrogens is 2. The van der Waals surface area contributed by atoms with Crippen molar-refractivity contribution in [2.75, 3.05) is 5.75 Å². The van der Waals surface area contributed by atoms with E-state index in [1.807, 2.05) is 50.2 Å². The molecule has 8 heteroatoms. The highest BCUT2D eigenvalue weighted by Gasteiger charge is 2.36. The van der Waals surface area contributed by atoms with Crippen LogP contribution in [0.15, 0.2) is 48.5 Å².